The van der Waals surface area contributed by atoms with Gasteiger partial charge in [0.2, 0.25) is 0 Å². The van der Waals surface area contributed by atoms with Crippen molar-refractivity contribution in [3.63, 3.8) is 0 Å². The van der Waals surface area contributed by atoms with E-state index >= 15 is 0 Å². The number of alkyl halides is 2. The molecule has 1 amide bonds. The molecule has 0 saturated carbocycles. The third-order valence-electron chi connectivity index (χ3n) is 4.48. The molecule has 1 fully saturated rings. The monoisotopic (exact) mass is 430 g/mol. The Morgan fingerprint density at radius 1 is 1.17 bits per heavy atom. The Hall–Kier alpha value is -3.21. The Morgan fingerprint density at radius 3 is 2.17 bits per heavy atom. The van der Waals surface area contributed by atoms with E-state index in [1.54, 1.807) is 12.1 Å². The molecule has 9 nitrogen and oxygen atoms in total. The Bertz CT molecular complexity index is 740. The largest absolute Gasteiger partial charge is 0.478 e. The third-order valence-corrected chi connectivity index (χ3v) is 4.48. The molecule has 0 radical (unpaired) electrons. The van der Waals surface area contributed by atoms with Crippen LogP contribution in [0.1, 0.15) is 18.9 Å². The fourth-order valence-corrected chi connectivity index (χ4v) is 3.05. The van der Waals surface area contributed by atoms with Crippen molar-refractivity contribution in [2.24, 2.45) is 0 Å². The topological polar surface area (TPSA) is 136 Å². The zero-order chi connectivity index (χ0) is 22.7. The van der Waals surface area contributed by atoms with Gasteiger partial charge in [0, 0.05) is 31.8 Å². The molecule has 1 aromatic rings. The number of nitrogens with one attached hydrogen (secondary N) is 1. The fraction of sp³-hybridized carbons (Fsp3) is 0.421. The molecule has 1 atom stereocenters. The van der Waals surface area contributed by atoms with Crippen LogP contribution in [0, 0.1) is 0 Å². The lowest BCUT2D eigenvalue weighted by Gasteiger charge is -2.46. The molecular formula is C19H24F2N2O7. The number of carbonyl (C=O) groups is 3. The van der Waals surface area contributed by atoms with Gasteiger partial charge in [0.05, 0.1) is 5.54 Å². The Morgan fingerprint density at radius 2 is 1.73 bits per heavy atom. The van der Waals surface area contributed by atoms with Gasteiger partial charge in [-0.2, -0.15) is 8.78 Å². The van der Waals surface area contributed by atoms with Crippen molar-refractivity contribution in [2.45, 2.75) is 31.9 Å². The summed E-state index contributed by atoms with van der Waals surface area (Å²) in [6, 6.07) is 6.35. The lowest BCUT2D eigenvalue weighted by atomic mass is 9.85. The number of carboxylic acids is 2. The summed E-state index contributed by atoms with van der Waals surface area (Å²) >= 11 is 0. The SMILES string of the molecule is CC[C@@]1(Cc2ccc(OC(F)F)cc2)CNCCN1C(=O)O.O=C(O)/C=C/C(=O)O. The zero-order valence-corrected chi connectivity index (χ0v) is 16.3. The zero-order valence-electron chi connectivity index (χ0n) is 16.3. The van der Waals surface area contributed by atoms with E-state index in [9.17, 15) is 28.3 Å². The van der Waals surface area contributed by atoms with Gasteiger partial charge in [0.15, 0.2) is 0 Å². The van der Waals surface area contributed by atoms with Crippen molar-refractivity contribution in [1.29, 1.82) is 0 Å². The average Bonchev–Trinajstić information content (AvgIpc) is 2.68. The molecule has 166 valence electrons. The first-order chi connectivity index (χ1) is 14.1. The van der Waals surface area contributed by atoms with E-state index in [-0.39, 0.29) is 5.75 Å². The van der Waals surface area contributed by atoms with Gasteiger partial charge < -0.3 is 25.4 Å². The minimum atomic E-state index is -2.85. The standard InChI is InChI=1S/C15H20F2N2O3.C4H4O4/c1-2-15(10-18-7-8-19(15)14(20)21)9-11-3-5-12(6-4-11)22-13(16)17;5-3(6)1-2-4(7)8/h3-6,13,18H,2,7-10H2,1H3,(H,20,21);1-2H,(H,5,6)(H,7,8)/b;2-1+/t15-;/m1./s1. The van der Waals surface area contributed by atoms with Crippen molar-refractivity contribution in [1.82, 2.24) is 10.2 Å². The normalized spacial score (nSPS) is 18.6. The molecule has 0 unspecified atom stereocenters. The van der Waals surface area contributed by atoms with Crippen molar-refractivity contribution in [3.05, 3.63) is 42.0 Å². The Kier molecular flexibility index (Phi) is 9.69. The number of nitrogens with zero attached hydrogens (tertiary/aromatic N) is 1. The fourth-order valence-electron chi connectivity index (χ4n) is 3.05. The molecule has 1 heterocycles. The molecule has 4 N–H and O–H groups in total. The second kappa shape index (κ2) is 11.7. The Labute approximate surface area is 171 Å². The number of piperazine rings is 1. The van der Waals surface area contributed by atoms with Crippen molar-refractivity contribution >= 4 is 18.0 Å². The highest BCUT2D eigenvalue weighted by atomic mass is 19.3. The first kappa shape index (κ1) is 24.8. The first-order valence-corrected chi connectivity index (χ1v) is 8.98. The highest BCUT2D eigenvalue weighted by molar-refractivity contribution is 5.89. The predicted octanol–water partition coefficient (Wildman–Crippen LogP) is 2.27. The van der Waals surface area contributed by atoms with Gasteiger partial charge in [0.1, 0.15) is 5.75 Å². The van der Waals surface area contributed by atoms with Crippen LogP contribution in [-0.2, 0) is 16.0 Å². The van der Waals surface area contributed by atoms with Crippen LogP contribution in [0.25, 0.3) is 0 Å². The number of carboxylic acid groups (broad SMARTS) is 3. The summed E-state index contributed by atoms with van der Waals surface area (Å²) in [6.45, 7) is 0.755. The highest BCUT2D eigenvalue weighted by Gasteiger charge is 2.40. The summed E-state index contributed by atoms with van der Waals surface area (Å²) in [7, 11) is 0. The molecule has 1 aliphatic rings. The maximum absolute atomic E-state index is 12.1. The van der Waals surface area contributed by atoms with Crippen molar-refractivity contribution in [2.75, 3.05) is 19.6 Å². The van der Waals surface area contributed by atoms with Gasteiger partial charge >= 0.3 is 24.6 Å². The van der Waals surface area contributed by atoms with E-state index in [1.807, 2.05) is 6.92 Å². The lowest BCUT2D eigenvalue weighted by Crippen LogP contribution is -2.63. The summed E-state index contributed by atoms with van der Waals surface area (Å²) in [5.74, 6) is -2.42. The summed E-state index contributed by atoms with van der Waals surface area (Å²) in [5, 5.41) is 28.3. The van der Waals surface area contributed by atoms with E-state index in [4.69, 9.17) is 10.2 Å². The quantitative estimate of drug-likeness (QED) is 0.484. The number of hydrogen-bond acceptors (Lipinski definition) is 5. The van der Waals surface area contributed by atoms with Crippen LogP contribution in [0.2, 0.25) is 0 Å². The third kappa shape index (κ3) is 8.03. The van der Waals surface area contributed by atoms with Crippen molar-refractivity contribution in [3.8, 4) is 5.75 Å². The van der Waals surface area contributed by atoms with Crippen LogP contribution in [0.3, 0.4) is 0 Å². The van der Waals surface area contributed by atoms with Gasteiger partial charge in [-0.1, -0.05) is 19.1 Å². The number of rotatable bonds is 7. The number of aliphatic carboxylic acids is 2. The summed E-state index contributed by atoms with van der Waals surface area (Å²) in [4.78, 5) is 32.1. The predicted molar refractivity (Wildman–Crippen MR) is 102 cm³/mol. The van der Waals surface area contributed by atoms with Gasteiger partial charge in [-0.3, -0.25) is 4.90 Å². The van der Waals surface area contributed by atoms with Gasteiger partial charge in [0.25, 0.3) is 0 Å². The van der Waals surface area contributed by atoms with Crippen LogP contribution < -0.4 is 10.1 Å². The molecule has 2 rings (SSSR count). The van der Waals surface area contributed by atoms with Crippen molar-refractivity contribution < 1.29 is 43.2 Å². The van der Waals surface area contributed by atoms with E-state index in [0.717, 1.165) is 5.56 Å². The molecule has 1 aliphatic heterocycles. The summed E-state index contributed by atoms with van der Waals surface area (Å²) in [6.07, 6.45) is 1.38. The lowest BCUT2D eigenvalue weighted by molar-refractivity contribution is -0.134. The number of amides is 1. The van der Waals surface area contributed by atoms with Crippen LogP contribution in [0.4, 0.5) is 13.6 Å². The first-order valence-electron chi connectivity index (χ1n) is 8.98. The molecule has 0 bridgehead atoms. The van der Waals surface area contributed by atoms with Gasteiger partial charge in [-0.25, -0.2) is 14.4 Å². The minimum Gasteiger partial charge on any atom is -0.478 e. The van der Waals surface area contributed by atoms with Gasteiger partial charge in [-0.05, 0) is 30.5 Å². The highest BCUT2D eigenvalue weighted by Crippen LogP contribution is 2.27. The van der Waals surface area contributed by atoms with Crippen LogP contribution >= 0.6 is 0 Å². The second-order valence-corrected chi connectivity index (χ2v) is 6.40. The number of benzene rings is 1. The molecular weight excluding hydrogens is 406 g/mol. The summed E-state index contributed by atoms with van der Waals surface area (Å²) < 4.78 is 28.6. The molecule has 0 spiro atoms. The van der Waals surface area contributed by atoms with E-state index in [2.05, 4.69) is 10.1 Å². The van der Waals surface area contributed by atoms with E-state index in [0.29, 0.717) is 44.6 Å². The van der Waals surface area contributed by atoms with E-state index < -0.39 is 30.2 Å². The van der Waals surface area contributed by atoms with Crippen LogP contribution in [0.5, 0.6) is 5.75 Å². The molecule has 11 heteroatoms. The summed E-state index contributed by atoms with van der Waals surface area (Å²) in [5.41, 5.74) is 0.369. The maximum atomic E-state index is 12.1. The molecule has 0 aromatic heterocycles. The second-order valence-electron chi connectivity index (χ2n) is 6.40. The van der Waals surface area contributed by atoms with Crippen LogP contribution in [0.15, 0.2) is 36.4 Å². The van der Waals surface area contributed by atoms with E-state index in [1.165, 1.54) is 17.0 Å². The molecule has 0 aliphatic carbocycles. The maximum Gasteiger partial charge on any atom is 0.407 e. The molecule has 30 heavy (non-hydrogen) atoms. The molecule has 1 aromatic carbocycles. The van der Waals surface area contributed by atoms with Crippen LogP contribution in [-0.4, -0.2) is 70.0 Å². The number of ether oxygens (including phenoxy) is 1. The Balaban J connectivity index is 0.000000479. The van der Waals surface area contributed by atoms with Gasteiger partial charge in [-0.15, -0.1) is 0 Å². The number of halogens is 2. The minimum absolute atomic E-state index is 0.0983. The molecule has 1 saturated heterocycles. The average molecular weight is 430 g/mol. The smallest absolute Gasteiger partial charge is 0.407 e. The number of hydrogen-bond donors (Lipinski definition) is 4.